The van der Waals surface area contributed by atoms with Gasteiger partial charge in [-0.2, -0.15) is 0 Å². The zero-order valence-electron chi connectivity index (χ0n) is 16.4. The van der Waals surface area contributed by atoms with Gasteiger partial charge in [0, 0.05) is 24.4 Å². The number of nitrogens with zero attached hydrogens (tertiary/aromatic N) is 2. The Hall–Kier alpha value is -2.98. The van der Waals surface area contributed by atoms with E-state index in [-0.39, 0.29) is 12.0 Å². The van der Waals surface area contributed by atoms with Crippen LogP contribution in [0.25, 0.3) is 11.1 Å². The molecule has 0 spiro atoms. The van der Waals surface area contributed by atoms with Gasteiger partial charge in [0.15, 0.2) is 0 Å². The van der Waals surface area contributed by atoms with E-state index in [0.29, 0.717) is 12.8 Å². The highest BCUT2D eigenvalue weighted by Crippen LogP contribution is 2.31. The summed E-state index contributed by atoms with van der Waals surface area (Å²) in [6, 6.07) is 25.4. The first kappa shape index (κ1) is 19.3. The van der Waals surface area contributed by atoms with Crippen molar-refractivity contribution in [3.05, 3.63) is 90.3 Å². The summed E-state index contributed by atoms with van der Waals surface area (Å²) in [4.78, 5) is 18.3. The fourth-order valence-electron chi connectivity index (χ4n) is 4.16. The molecule has 4 nitrogen and oxygen atoms in total. The lowest BCUT2D eigenvalue weighted by Crippen LogP contribution is -2.39. The molecule has 0 saturated carbocycles. The lowest BCUT2D eigenvalue weighted by molar-refractivity contribution is -0.143. The molecule has 1 N–H and O–H groups in total. The molecule has 4 heteroatoms. The molecular formula is C25H26N2O2. The molecule has 2 heterocycles. The summed E-state index contributed by atoms with van der Waals surface area (Å²) in [7, 11) is 0. The van der Waals surface area contributed by atoms with E-state index in [9.17, 15) is 9.90 Å². The van der Waals surface area contributed by atoms with Crippen LogP contribution in [-0.4, -0.2) is 34.0 Å². The largest absolute Gasteiger partial charge is 0.481 e. The van der Waals surface area contributed by atoms with Crippen molar-refractivity contribution in [2.24, 2.45) is 5.92 Å². The zero-order valence-corrected chi connectivity index (χ0v) is 16.4. The van der Waals surface area contributed by atoms with Crippen LogP contribution in [0.15, 0.2) is 79.0 Å². The summed E-state index contributed by atoms with van der Waals surface area (Å²) in [6.45, 7) is 1.60. The monoisotopic (exact) mass is 386 g/mol. The summed E-state index contributed by atoms with van der Waals surface area (Å²) >= 11 is 0. The van der Waals surface area contributed by atoms with E-state index in [0.717, 1.165) is 25.2 Å². The SMILES string of the molecule is O=C(O)C1CCN(C(Cc2ccccn2)c2ccc(-c3ccccc3)cc2)CC1. The number of aromatic nitrogens is 1. The Balaban J connectivity index is 1.57. The van der Waals surface area contributed by atoms with Gasteiger partial charge in [-0.1, -0.05) is 60.7 Å². The lowest BCUT2D eigenvalue weighted by Gasteiger charge is -2.37. The fraction of sp³-hybridized carbons (Fsp3) is 0.280. The van der Waals surface area contributed by atoms with Crippen molar-refractivity contribution in [2.45, 2.75) is 25.3 Å². The van der Waals surface area contributed by atoms with Crippen LogP contribution in [0.4, 0.5) is 0 Å². The maximum atomic E-state index is 11.3. The number of carboxylic acid groups (broad SMARTS) is 1. The number of benzene rings is 2. The Morgan fingerprint density at radius 3 is 2.21 bits per heavy atom. The quantitative estimate of drug-likeness (QED) is 0.659. The van der Waals surface area contributed by atoms with Gasteiger partial charge >= 0.3 is 5.97 Å². The Kier molecular flexibility index (Phi) is 6.01. The van der Waals surface area contributed by atoms with Crippen molar-refractivity contribution in [2.75, 3.05) is 13.1 Å². The second-order valence-electron chi connectivity index (χ2n) is 7.68. The molecule has 148 valence electrons. The van der Waals surface area contributed by atoms with Crippen LogP contribution in [-0.2, 0) is 11.2 Å². The molecule has 1 aliphatic heterocycles. The highest BCUT2D eigenvalue weighted by Gasteiger charge is 2.29. The van der Waals surface area contributed by atoms with Crippen LogP contribution in [0.2, 0.25) is 0 Å². The Labute approximate surface area is 171 Å². The van der Waals surface area contributed by atoms with Crippen LogP contribution >= 0.6 is 0 Å². The molecule has 4 rings (SSSR count). The predicted octanol–water partition coefficient (Wildman–Crippen LogP) is 4.83. The number of aliphatic carboxylic acids is 1. The van der Waals surface area contributed by atoms with Crippen molar-refractivity contribution in [1.29, 1.82) is 0 Å². The van der Waals surface area contributed by atoms with E-state index in [1.54, 1.807) is 0 Å². The smallest absolute Gasteiger partial charge is 0.306 e. The molecule has 0 amide bonds. The van der Waals surface area contributed by atoms with Gasteiger partial charge in [-0.3, -0.25) is 14.7 Å². The summed E-state index contributed by atoms with van der Waals surface area (Å²) in [5, 5.41) is 9.33. The Bertz CT molecular complexity index is 918. The average Bonchev–Trinajstić information content (AvgIpc) is 2.79. The third-order valence-electron chi connectivity index (χ3n) is 5.85. The molecule has 0 radical (unpaired) electrons. The average molecular weight is 386 g/mol. The normalized spacial score (nSPS) is 16.4. The first-order chi connectivity index (χ1) is 14.2. The van der Waals surface area contributed by atoms with Crippen molar-refractivity contribution in [3.63, 3.8) is 0 Å². The summed E-state index contributed by atoms with van der Waals surface area (Å²) in [5.74, 6) is -0.889. The van der Waals surface area contributed by atoms with Crippen molar-refractivity contribution in [1.82, 2.24) is 9.88 Å². The van der Waals surface area contributed by atoms with Crippen LogP contribution in [0, 0.1) is 5.92 Å². The number of likely N-dealkylation sites (tertiary alicyclic amines) is 1. The maximum absolute atomic E-state index is 11.3. The molecule has 3 aromatic rings. The minimum absolute atomic E-state index is 0.199. The van der Waals surface area contributed by atoms with Gasteiger partial charge in [0.25, 0.3) is 0 Å². The number of carboxylic acids is 1. The number of rotatable bonds is 6. The van der Waals surface area contributed by atoms with Crippen LogP contribution in [0.1, 0.15) is 30.1 Å². The maximum Gasteiger partial charge on any atom is 0.306 e. The Morgan fingerprint density at radius 2 is 1.59 bits per heavy atom. The zero-order chi connectivity index (χ0) is 20.1. The molecular weight excluding hydrogens is 360 g/mol. The number of hydrogen-bond acceptors (Lipinski definition) is 3. The number of piperidine rings is 1. The Morgan fingerprint density at radius 1 is 0.931 bits per heavy atom. The van der Waals surface area contributed by atoms with E-state index in [4.69, 9.17) is 0 Å². The van der Waals surface area contributed by atoms with Gasteiger partial charge in [-0.05, 0) is 54.8 Å². The van der Waals surface area contributed by atoms with Gasteiger partial charge in [0.05, 0.1) is 5.92 Å². The van der Waals surface area contributed by atoms with E-state index in [2.05, 4.69) is 64.5 Å². The molecule has 1 saturated heterocycles. The molecule has 0 bridgehead atoms. The molecule has 2 aromatic carbocycles. The topological polar surface area (TPSA) is 53.4 Å². The molecule has 1 unspecified atom stereocenters. The molecule has 1 atom stereocenters. The minimum Gasteiger partial charge on any atom is -0.481 e. The van der Waals surface area contributed by atoms with Gasteiger partial charge in [0.2, 0.25) is 0 Å². The van der Waals surface area contributed by atoms with Crippen LogP contribution in [0.5, 0.6) is 0 Å². The molecule has 1 aromatic heterocycles. The fourth-order valence-corrected chi connectivity index (χ4v) is 4.16. The first-order valence-electron chi connectivity index (χ1n) is 10.2. The van der Waals surface area contributed by atoms with Gasteiger partial charge in [-0.15, -0.1) is 0 Å². The standard InChI is InChI=1S/C25H26N2O2/c28-25(29)22-13-16-27(17-14-22)24(18-23-8-4-5-15-26-23)21-11-9-20(10-12-21)19-6-2-1-3-7-19/h1-12,15,22,24H,13-14,16-18H2,(H,28,29). The van der Waals surface area contributed by atoms with Crippen LogP contribution in [0.3, 0.4) is 0 Å². The minimum atomic E-state index is -0.668. The summed E-state index contributed by atoms with van der Waals surface area (Å²) < 4.78 is 0. The molecule has 0 aliphatic carbocycles. The van der Waals surface area contributed by atoms with Crippen molar-refractivity contribution in [3.8, 4) is 11.1 Å². The van der Waals surface area contributed by atoms with Crippen molar-refractivity contribution >= 4 is 5.97 Å². The van der Waals surface area contributed by atoms with E-state index in [1.165, 1.54) is 16.7 Å². The number of carbonyl (C=O) groups is 1. The molecule has 1 fully saturated rings. The molecule has 1 aliphatic rings. The number of hydrogen-bond donors (Lipinski definition) is 1. The highest BCUT2D eigenvalue weighted by atomic mass is 16.4. The lowest BCUT2D eigenvalue weighted by atomic mass is 9.92. The summed E-state index contributed by atoms with van der Waals surface area (Å²) in [6.07, 6.45) is 4.07. The van der Waals surface area contributed by atoms with E-state index < -0.39 is 5.97 Å². The molecule has 29 heavy (non-hydrogen) atoms. The third-order valence-corrected chi connectivity index (χ3v) is 5.85. The van der Waals surface area contributed by atoms with Crippen molar-refractivity contribution < 1.29 is 9.90 Å². The highest BCUT2D eigenvalue weighted by molar-refractivity contribution is 5.70. The van der Waals surface area contributed by atoms with Gasteiger partial charge in [-0.25, -0.2) is 0 Å². The van der Waals surface area contributed by atoms with Gasteiger partial charge in [0.1, 0.15) is 0 Å². The number of pyridine rings is 1. The second kappa shape index (κ2) is 9.01. The second-order valence-corrected chi connectivity index (χ2v) is 7.68. The van der Waals surface area contributed by atoms with Crippen LogP contribution < -0.4 is 0 Å². The first-order valence-corrected chi connectivity index (χ1v) is 10.2. The summed E-state index contributed by atoms with van der Waals surface area (Å²) in [5.41, 5.74) is 4.73. The third kappa shape index (κ3) is 4.72. The van der Waals surface area contributed by atoms with Gasteiger partial charge < -0.3 is 5.11 Å². The van der Waals surface area contributed by atoms with E-state index >= 15 is 0 Å². The predicted molar refractivity (Wildman–Crippen MR) is 114 cm³/mol. The van der Waals surface area contributed by atoms with E-state index in [1.807, 2.05) is 24.4 Å².